The molecule has 0 saturated carbocycles. The third kappa shape index (κ3) is 4.26. The van der Waals surface area contributed by atoms with Gasteiger partial charge in [0, 0.05) is 43.2 Å². The number of alkyl halides is 3. The summed E-state index contributed by atoms with van der Waals surface area (Å²) in [6, 6.07) is 8.83. The fourth-order valence-electron chi connectivity index (χ4n) is 3.52. The van der Waals surface area contributed by atoms with Crippen molar-refractivity contribution < 1.29 is 19.1 Å². The van der Waals surface area contributed by atoms with Crippen LogP contribution in [-0.4, -0.2) is 51.0 Å². The Morgan fingerprint density at radius 1 is 1.13 bits per heavy atom. The van der Waals surface area contributed by atoms with Crippen molar-refractivity contribution in [3.8, 4) is 0 Å². The zero-order valence-corrected chi connectivity index (χ0v) is 18.8. The van der Waals surface area contributed by atoms with E-state index in [0.717, 1.165) is 10.9 Å². The Bertz CT molecular complexity index is 1100. The Balaban J connectivity index is 1.94. The van der Waals surface area contributed by atoms with Gasteiger partial charge in [0.15, 0.2) is 5.78 Å². The predicted molar refractivity (Wildman–Crippen MR) is 117 cm³/mol. The molecule has 9 heteroatoms. The number of rotatable bonds is 5. The number of halogens is 3. The Kier molecular flexibility index (Phi) is 6.32. The highest BCUT2D eigenvalue weighted by molar-refractivity contribution is 6.77. The number of hydrogen-bond donors (Lipinski definition) is 0. The maximum Gasteiger partial charge on any atom is 0.335 e. The molecule has 0 saturated heterocycles. The molecule has 0 amide bonds. The third-order valence-corrected chi connectivity index (χ3v) is 5.58. The number of methoxy groups -OCH3 is 1. The largest absolute Gasteiger partial charge is 0.466 e. The monoisotopic (exact) mass is 468 g/mol. The van der Waals surface area contributed by atoms with Gasteiger partial charge in [-0.25, -0.2) is 4.79 Å². The summed E-state index contributed by atoms with van der Waals surface area (Å²) < 4.78 is 4.50. The zero-order valence-electron chi connectivity index (χ0n) is 16.5. The van der Waals surface area contributed by atoms with Crippen molar-refractivity contribution in [1.29, 1.82) is 0 Å². The van der Waals surface area contributed by atoms with Crippen LogP contribution in [0, 0.1) is 0 Å². The second kappa shape index (κ2) is 8.46. The summed E-state index contributed by atoms with van der Waals surface area (Å²) in [5.41, 5.74) is 1.61. The van der Waals surface area contributed by atoms with Crippen LogP contribution in [0.15, 0.2) is 53.8 Å². The predicted octanol–water partition coefficient (Wildman–Crippen LogP) is 3.99. The smallest absolute Gasteiger partial charge is 0.335 e. The summed E-state index contributed by atoms with van der Waals surface area (Å²) in [5, 5.41) is 0.944. The van der Waals surface area contributed by atoms with Gasteiger partial charge >= 0.3 is 5.97 Å². The molecule has 0 aliphatic carbocycles. The van der Waals surface area contributed by atoms with Gasteiger partial charge < -0.3 is 14.2 Å². The van der Waals surface area contributed by atoms with Crippen LogP contribution in [0.1, 0.15) is 16.9 Å². The molecule has 0 spiro atoms. The molecule has 0 bridgehead atoms. The van der Waals surface area contributed by atoms with E-state index in [1.807, 2.05) is 41.9 Å². The number of ether oxygens (including phenoxy) is 1. The van der Waals surface area contributed by atoms with Gasteiger partial charge in [0.1, 0.15) is 0 Å². The van der Waals surface area contributed by atoms with Crippen LogP contribution in [0.5, 0.6) is 0 Å². The molecule has 0 N–H and O–H groups in total. The highest BCUT2D eigenvalue weighted by Crippen LogP contribution is 2.34. The topological polar surface area (TPSA) is 68.6 Å². The number of benzene rings is 1. The third-order valence-electron chi connectivity index (χ3n) is 5.06. The lowest BCUT2D eigenvalue weighted by Crippen LogP contribution is -2.39. The Labute approximate surface area is 188 Å². The van der Waals surface area contributed by atoms with Gasteiger partial charge in [-0.15, -0.1) is 0 Å². The Morgan fingerprint density at radius 2 is 1.80 bits per heavy atom. The van der Waals surface area contributed by atoms with Gasteiger partial charge in [-0.05, 0) is 18.2 Å². The minimum absolute atomic E-state index is 0.00661. The van der Waals surface area contributed by atoms with Gasteiger partial charge in [0.2, 0.25) is 5.78 Å². The van der Waals surface area contributed by atoms with Crippen LogP contribution in [0.25, 0.3) is 10.9 Å². The molecule has 2 heterocycles. The number of ketones is 2. The van der Waals surface area contributed by atoms with E-state index in [2.05, 4.69) is 0 Å². The van der Waals surface area contributed by atoms with Crippen molar-refractivity contribution in [2.24, 2.45) is 7.05 Å². The molecule has 1 atom stereocenters. The Morgan fingerprint density at radius 3 is 2.40 bits per heavy atom. The molecule has 0 radical (unpaired) electrons. The summed E-state index contributed by atoms with van der Waals surface area (Å²) in [7, 11) is 4.68. The molecule has 1 aliphatic heterocycles. The molecule has 158 valence electrons. The van der Waals surface area contributed by atoms with Crippen molar-refractivity contribution >= 4 is 63.2 Å². The molecule has 6 nitrogen and oxygen atoms in total. The highest BCUT2D eigenvalue weighted by atomic mass is 35.6. The van der Waals surface area contributed by atoms with E-state index in [0.29, 0.717) is 5.69 Å². The van der Waals surface area contributed by atoms with E-state index >= 15 is 0 Å². The number of hydrogen-bond acceptors (Lipinski definition) is 5. The fraction of sp³-hybridized carbons (Fsp3) is 0.286. The van der Waals surface area contributed by atoms with Gasteiger partial charge in [0.25, 0.3) is 3.79 Å². The molecule has 0 fully saturated rings. The van der Waals surface area contributed by atoms with E-state index < -0.39 is 21.6 Å². The van der Waals surface area contributed by atoms with Crippen LogP contribution in [-0.2, 0) is 21.4 Å². The number of fused-ring (bicyclic) bond motifs is 1. The van der Waals surface area contributed by atoms with E-state index in [1.54, 1.807) is 11.9 Å². The number of esters is 1. The standard InChI is InChI=1S/C21H19Cl3N2O4/c1-25-11-13(19(28)21(22,23)24)8-14(20(29)30-3)16(25)10-18(27)17-9-12-6-4-5-7-15(12)26(17)2/h4-9,11,16H,10H2,1-3H3. The number of likely N-dealkylation sites (N-methyl/N-ethyl adjacent to an activating group) is 1. The molecule has 1 aromatic heterocycles. The molecule has 30 heavy (non-hydrogen) atoms. The first-order valence-corrected chi connectivity index (χ1v) is 10.1. The number of allylic oxidation sites excluding steroid dienone is 2. The quantitative estimate of drug-likeness (QED) is 0.376. The first-order chi connectivity index (χ1) is 14.0. The summed E-state index contributed by atoms with van der Waals surface area (Å²) in [6.07, 6.45) is 2.76. The number of carbonyl (C=O) groups is 3. The lowest BCUT2D eigenvalue weighted by molar-refractivity contribution is -0.136. The van der Waals surface area contributed by atoms with Gasteiger partial charge in [-0.3, -0.25) is 9.59 Å². The highest BCUT2D eigenvalue weighted by Gasteiger charge is 2.37. The minimum Gasteiger partial charge on any atom is -0.466 e. The van der Waals surface area contributed by atoms with E-state index in [-0.39, 0.29) is 23.4 Å². The maximum atomic E-state index is 13.1. The number of nitrogens with zero attached hydrogens (tertiary/aromatic N) is 2. The van der Waals surface area contributed by atoms with Crippen LogP contribution in [0.4, 0.5) is 0 Å². The lowest BCUT2D eigenvalue weighted by atomic mass is 9.93. The number of carbonyl (C=O) groups excluding carboxylic acids is 3. The molecule has 2 aromatic rings. The van der Waals surface area contributed by atoms with E-state index in [9.17, 15) is 14.4 Å². The average Bonchev–Trinajstić information content (AvgIpc) is 3.04. The lowest BCUT2D eigenvalue weighted by Gasteiger charge is -2.32. The number of aryl methyl sites for hydroxylation is 1. The van der Waals surface area contributed by atoms with Crippen molar-refractivity contribution in [2.75, 3.05) is 14.2 Å². The number of Topliss-reactive ketones (excluding diaryl/α,β-unsaturated/α-hetero) is 2. The minimum atomic E-state index is -2.17. The number of para-hydroxylation sites is 1. The SMILES string of the molecule is COC(=O)C1=CC(C(=O)C(Cl)(Cl)Cl)=CN(C)C1CC(=O)c1cc2ccccc2n1C. The first kappa shape index (κ1) is 22.4. The molecule has 3 rings (SSSR count). The van der Waals surface area contributed by atoms with Crippen molar-refractivity contribution in [3.05, 3.63) is 59.4 Å². The first-order valence-electron chi connectivity index (χ1n) is 8.97. The van der Waals surface area contributed by atoms with Crippen LogP contribution < -0.4 is 0 Å². The average molecular weight is 470 g/mol. The van der Waals surface area contributed by atoms with Gasteiger partial charge in [-0.2, -0.15) is 0 Å². The van der Waals surface area contributed by atoms with Gasteiger partial charge in [-0.1, -0.05) is 53.0 Å². The van der Waals surface area contributed by atoms with Gasteiger partial charge in [0.05, 0.1) is 24.4 Å². The van der Waals surface area contributed by atoms with Crippen LogP contribution >= 0.6 is 34.8 Å². The molecule has 1 unspecified atom stereocenters. The van der Waals surface area contributed by atoms with Crippen molar-refractivity contribution in [3.63, 3.8) is 0 Å². The Hall–Kier alpha value is -2.28. The second-order valence-electron chi connectivity index (χ2n) is 6.96. The maximum absolute atomic E-state index is 13.1. The van der Waals surface area contributed by atoms with Crippen LogP contribution in [0.2, 0.25) is 0 Å². The fourth-order valence-corrected chi connectivity index (χ4v) is 3.85. The number of aromatic nitrogens is 1. The second-order valence-corrected chi connectivity index (χ2v) is 9.24. The molecule has 1 aliphatic rings. The summed E-state index contributed by atoms with van der Waals surface area (Å²) in [6.45, 7) is 0. The zero-order chi connectivity index (χ0) is 22.2. The molecular weight excluding hydrogens is 451 g/mol. The van der Waals surface area contributed by atoms with E-state index in [1.165, 1.54) is 19.4 Å². The van der Waals surface area contributed by atoms with Crippen molar-refractivity contribution in [1.82, 2.24) is 9.47 Å². The summed E-state index contributed by atoms with van der Waals surface area (Å²) in [4.78, 5) is 39.4. The van der Waals surface area contributed by atoms with Crippen LogP contribution in [0.3, 0.4) is 0 Å². The molecule has 1 aromatic carbocycles. The van der Waals surface area contributed by atoms with E-state index in [4.69, 9.17) is 39.5 Å². The summed E-state index contributed by atoms with van der Waals surface area (Å²) >= 11 is 17.1. The summed E-state index contributed by atoms with van der Waals surface area (Å²) in [5.74, 6) is -1.61. The van der Waals surface area contributed by atoms with Crippen molar-refractivity contribution in [2.45, 2.75) is 16.3 Å². The molecular formula is C21H19Cl3N2O4. The normalized spacial score (nSPS) is 16.9.